The second-order valence-corrected chi connectivity index (χ2v) is 10.2. The van der Waals surface area contributed by atoms with E-state index >= 15 is 0 Å². The molecule has 8 heteroatoms. The monoisotopic (exact) mass is 490 g/mol. The van der Waals surface area contributed by atoms with Gasteiger partial charge in [-0.3, -0.25) is 9.36 Å². The predicted octanol–water partition coefficient (Wildman–Crippen LogP) is 5.21. The number of benzene rings is 2. The molecule has 1 atom stereocenters. The molecular weight excluding hydrogens is 460 g/mol. The van der Waals surface area contributed by atoms with Crippen LogP contribution in [0.5, 0.6) is 11.5 Å². The molecule has 1 aromatic heterocycles. The summed E-state index contributed by atoms with van der Waals surface area (Å²) in [5.41, 5.74) is 3.49. The Morgan fingerprint density at radius 1 is 1.11 bits per heavy atom. The Labute approximate surface area is 209 Å². The summed E-state index contributed by atoms with van der Waals surface area (Å²) in [5, 5.41) is 12.5. The van der Waals surface area contributed by atoms with Crippen LogP contribution in [0.25, 0.3) is 11.4 Å². The van der Waals surface area contributed by atoms with Gasteiger partial charge in [-0.05, 0) is 56.7 Å². The number of thioether (sulfide) groups is 1. The summed E-state index contributed by atoms with van der Waals surface area (Å²) in [7, 11) is 0. The van der Waals surface area contributed by atoms with Gasteiger partial charge in [-0.15, -0.1) is 10.2 Å². The minimum absolute atomic E-state index is 0.0188. The Kier molecular flexibility index (Phi) is 7.37. The number of carbonyl (C=O) groups excluding carboxylic acids is 1. The maximum Gasteiger partial charge on any atom is 0.233 e. The van der Waals surface area contributed by atoms with Crippen LogP contribution in [0.1, 0.15) is 44.6 Å². The van der Waals surface area contributed by atoms with Gasteiger partial charge < -0.3 is 14.8 Å². The second-order valence-electron chi connectivity index (χ2n) is 8.86. The van der Waals surface area contributed by atoms with Crippen molar-refractivity contribution < 1.29 is 14.3 Å². The molecule has 0 radical (unpaired) electrons. The number of nitrogens with one attached hydrogen (secondary N) is 1. The maximum atomic E-state index is 12.8. The Bertz CT molecular complexity index is 1210. The molecule has 0 saturated heterocycles. The molecule has 0 spiro atoms. The first-order chi connectivity index (χ1) is 17.2. The molecule has 182 valence electrons. The number of carbonyl (C=O) groups is 1. The summed E-state index contributed by atoms with van der Waals surface area (Å²) >= 11 is 1.43. The molecular formula is C27H30N4O3S. The molecule has 3 aromatic rings. The smallest absolute Gasteiger partial charge is 0.233 e. The molecule has 0 saturated carbocycles. The molecule has 1 aliphatic heterocycles. The van der Waals surface area contributed by atoms with E-state index in [9.17, 15) is 4.79 Å². The number of rotatable bonds is 9. The van der Waals surface area contributed by atoms with E-state index in [0.717, 1.165) is 47.7 Å². The van der Waals surface area contributed by atoms with Crippen molar-refractivity contribution in [3.05, 3.63) is 65.7 Å². The number of fused-ring (bicyclic) bond motifs is 1. The van der Waals surface area contributed by atoms with Crippen LogP contribution in [0, 0.1) is 0 Å². The largest absolute Gasteiger partial charge is 0.454 e. The number of aromatic nitrogens is 3. The number of allylic oxidation sites excluding steroid dienone is 1. The molecule has 2 heterocycles. The van der Waals surface area contributed by atoms with Crippen LogP contribution >= 0.6 is 11.8 Å². The van der Waals surface area contributed by atoms with Gasteiger partial charge in [-0.1, -0.05) is 59.8 Å². The molecule has 0 unspecified atom stereocenters. The van der Waals surface area contributed by atoms with Crippen LogP contribution in [0.15, 0.2) is 65.3 Å². The number of hydrogen-bond acceptors (Lipinski definition) is 6. The third-order valence-electron chi connectivity index (χ3n) is 6.31. The van der Waals surface area contributed by atoms with Gasteiger partial charge in [0, 0.05) is 12.1 Å². The Morgan fingerprint density at radius 2 is 1.97 bits per heavy atom. The molecule has 0 bridgehead atoms. The van der Waals surface area contributed by atoms with E-state index in [-0.39, 0.29) is 18.0 Å². The summed E-state index contributed by atoms with van der Waals surface area (Å²) in [5.74, 6) is 2.28. The van der Waals surface area contributed by atoms with E-state index in [0.29, 0.717) is 18.2 Å². The van der Waals surface area contributed by atoms with Crippen molar-refractivity contribution in [2.75, 3.05) is 13.3 Å². The number of amides is 1. The number of ether oxygens (including phenoxy) is 2. The zero-order chi connectivity index (χ0) is 24.0. The highest BCUT2D eigenvalue weighted by atomic mass is 32.2. The molecule has 5 rings (SSSR count). The first kappa shape index (κ1) is 23.5. The zero-order valence-electron chi connectivity index (χ0n) is 19.9. The fourth-order valence-corrected chi connectivity index (χ4v) is 5.25. The topological polar surface area (TPSA) is 78.3 Å². The van der Waals surface area contributed by atoms with Crippen molar-refractivity contribution in [1.82, 2.24) is 20.1 Å². The predicted molar refractivity (Wildman–Crippen MR) is 137 cm³/mol. The average Bonchev–Trinajstić information content (AvgIpc) is 3.52. The first-order valence-electron chi connectivity index (χ1n) is 12.2. The van der Waals surface area contributed by atoms with Crippen LogP contribution in [0.4, 0.5) is 0 Å². The van der Waals surface area contributed by atoms with Gasteiger partial charge in [0.2, 0.25) is 12.7 Å². The number of nitrogens with zero attached hydrogens (tertiary/aromatic N) is 3. The van der Waals surface area contributed by atoms with Gasteiger partial charge in [0.15, 0.2) is 22.5 Å². The van der Waals surface area contributed by atoms with E-state index in [2.05, 4.69) is 26.2 Å². The van der Waals surface area contributed by atoms with Crippen molar-refractivity contribution in [1.29, 1.82) is 0 Å². The minimum atomic E-state index is -0.293. The van der Waals surface area contributed by atoms with Gasteiger partial charge in [-0.25, -0.2) is 0 Å². The van der Waals surface area contributed by atoms with Crippen molar-refractivity contribution in [2.24, 2.45) is 0 Å². The van der Waals surface area contributed by atoms with Crippen LogP contribution < -0.4 is 14.8 Å². The molecule has 1 N–H and O–H groups in total. The van der Waals surface area contributed by atoms with Crippen molar-refractivity contribution >= 4 is 17.7 Å². The SMILES string of the molecule is C[C@@H](Sc1nnc(-c2ccccc2)n1Cc1ccc2c(c1)OCO2)C(=O)NCCC1=CCCCC1. The summed E-state index contributed by atoms with van der Waals surface area (Å²) in [6.45, 7) is 3.39. The van der Waals surface area contributed by atoms with Crippen LogP contribution in [0.3, 0.4) is 0 Å². The lowest BCUT2D eigenvalue weighted by Gasteiger charge is -2.16. The highest BCUT2D eigenvalue weighted by Gasteiger charge is 2.22. The average molecular weight is 491 g/mol. The second kappa shape index (κ2) is 11.0. The maximum absolute atomic E-state index is 12.8. The normalized spacial score (nSPS) is 15.5. The Hall–Kier alpha value is -3.26. The molecule has 2 aliphatic rings. The lowest BCUT2D eigenvalue weighted by molar-refractivity contribution is -0.120. The van der Waals surface area contributed by atoms with E-state index in [1.807, 2.05) is 55.5 Å². The van der Waals surface area contributed by atoms with Gasteiger partial charge in [0.1, 0.15) is 0 Å². The quantitative estimate of drug-likeness (QED) is 0.328. The molecule has 35 heavy (non-hydrogen) atoms. The van der Waals surface area contributed by atoms with Gasteiger partial charge in [0.25, 0.3) is 0 Å². The highest BCUT2D eigenvalue weighted by Crippen LogP contribution is 2.34. The Morgan fingerprint density at radius 3 is 2.80 bits per heavy atom. The van der Waals surface area contributed by atoms with E-state index < -0.39 is 0 Å². The summed E-state index contributed by atoms with van der Waals surface area (Å²) < 4.78 is 13.1. The summed E-state index contributed by atoms with van der Waals surface area (Å²) in [6, 6.07) is 15.9. The summed E-state index contributed by atoms with van der Waals surface area (Å²) in [4.78, 5) is 12.8. The Balaban J connectivity index is 1.31. The minimum Gasteiger partial charge on any atom is -0.454 e. The van der Waals surface area contributed by atoms with E-state index in [1.54, 1.807) is 0 Å². The molecule has 1 aliphatic carbocycles. The van der Waals surface area contributed by atoms with E-state index in [4.69, 9.17) is 9.47 Å². The molecule has 0 fully saturated rings. The van der Waals surface area contributed by atoms with Gasteiger partial charge >= 0.3 is 0 Å². The lowest BCUT2D eigenvalue weighted by atomic mass is 9.97. The third-order valence-corrected chi connectivity index (χ3v) is 7.39. The number of hydrogen-bond donors (Lipinski definition) is 1. The fourth-order valence-electron chi connectivity index (χ4n) is 4.37. The van der Waals surface area contributed by atoms with Crippen LogP contribution in [-0.4, -0.2) is 39.3 Å². The molecule has 1 amide bonds. The van der Waals surface area contributed by atoms with E-state index in [1.165, 1.54) is 30.2 Å². The molecule has 7 nitrogen and oxygen atoms in total. The molecule has 2 aromatic carbocycles. The van der Waals surface area contributed by atoms with Crippen molar-refractivity contribution in [3.8, 4) is 22.9 Å². The van der Waals surface area contributed by atoms with Gasteiger partial charge in [0.05, 0.1) is 11.8 Å². The van der Waals surface area contributed by atoms with Crippen molar-refractivity contribution in [2.45, 2.75) is 56.0 Å². The third kappa shape index (κ3) is 5.70. The fraction of sp³-hybridized carbons (Fsp3) is 0.370. The zero-order valence-corrected chi connectivity index (χ0v) is 20.7. The van der Waals surface area contributed by atoms with Crippen molar-refractivity contribution in [3.63, 3.8) is 0 Å². The highest BCUT2D eigenvalue weighted by molar-refractivity contribution is 8.00. The van der Waals surface area contributed by atoms with Crippen LogP contribution in [-0.2, 0) is 11.3 Å². The summed E-state index contributed by atoms with van der Waals surface area (Å²) in [6.07, 6.45) is 8.12. The van der Waals surface area contributed by atoms with Crippen LogP contribution in [0.2, 0.25) is 0 Å². The first-order valence-corrected chi connectivity index (χ1v) is 13.0. The van der Waals surface area contributed by atoms with Gasteiger partial charge in [-0.2, -0.15) is 0 Å². The standard InChI is InChI=1S/C27H30N4O3S/c1-19(26(32)28-15-14-20-8-4-2-5-9-20)35-27-30-29-25(22-10-6-3-7-11-22)31(27)17-21-12-13-23-24(16-21)34-18-33-23/h3,6-8,10-13,16,19H,2,4-5,9,14-15,17-18H2,1H3,(H,28,32)/t19-/m1/s1. The lowest BCUT2D eigenvalue weighted by Crippen LogP contribution is -2.32.